The first-order valence-electron chi connectivity index (χ1n) is 21.7. The molecule has 4 aliphatic rings. The van der Waals surface area contributed by atoms with Crippen molar-refractivity contribution in [2.45, 2.75) is 38.0 Å². The van der Waals surface area contributed by atoms with Crippen molar-refractivity contribution in [1.29, 1.82) is 0 Å². The first kappa shape index (κ1) is 39.8. The lowest BCUT2D eigenvalue weighted by atomic mass is 9.92. The molecule has 12 heteroatoms. The number of aromatic nitrogens is 2. The van der Waals surface area contributed by atoms with E-state index in [1.807, 2.05) is 48.5 Å². The third-order valence-corrected chi connectivity index (χ3v) is 13.3. The predicted octanol–water partition coefficient (Wildman–Crippen LogP) is 9.84. The number of hydrogen-bond donors (Lipinski definition) is 4. The Kier molecular flexibility index (Phi) is 10.7. The summed E-state index contributed by atoms with van der Waals surface area (Å²) in [5.74, 6) is 3.15. The second-order valence-corrected chi connectivity index (χ2v) is 17.1. The van der Waals surface area contributed by atoms with Crippen LogP contribution < -0.4 is 29.6 Å². The lowest BCUT2D eigenvalue weighted by molar-refractivity contribution is 0.173. The highest BCUT2D eigenvalue weighted by atomic mass is 32.1. The van der Waals surface area contributed by atoms with Crippen LogP contribution in [-0.4, -0.2) is 56.7 Å². The maximum Gasteiger partial charge on any atom is 0.231 e. The fourth-order valence-corrected chi connectivity index (χ4v) is 10.1. The molecule has 0 bridgehead atoms. The Morgan fingerprint density at radius 1 is 0.500 bits per heavy atom. The van der Waals surface area contributed by atoms with Gasteiger partial charge in [-0.2, -0.15) is 0 Å². The standard InChI is InChI=1S/2C26H23N3O2S/c2*32-26(27-15-17-6-2-1-3-7-17)29-13-12-20-19-8-4-5-9-21(19)28-24(20)25(29)18-10-11-22-23(14-18)31-16-30-22/h2*1-11,14,25,28H,12-13,15-16H2,(H,27,32)/t25-;/m1./s1. The van der Waals surface area contributed by atoms with Crippen molar-refractivity contribution in [2.24, 2.45) is 0 Å². The summed E-state index contributed by atoms with van der Waals surface area (Å²) in [6.45, 7) is 3.61. The summed E-state index contributed by atoms with van der Waals surface area (Å²) in [6, 6.07) is 50.0. The van der Waals surface area contributed by atoms with Crippen LogP contribution in [-0.2, 0) is 25.9 Å². The minimum atomic E-state index is -0.0311. The Morgan fingerprint density at radius 2 is 0.906 bits per heavy atom. The summed E-state index contributed by atoms with van der Waals surface area (Å²) in [4.78, 5) is 12.0. The molecule has 4 N–H and O–H groups in total. The minimum Gasteiger partial charge on any atom is -0.454 e. The van der Waals surface area contributed by atoms with Crippen molar-refractivity contribution < 1.29 is 18.9 Å². The van der Waals surface area contributed by atoms with Gasteiger partial charge in [-0.05, 0) is 107 Å². The lowest BCUT2D eigenvalue weighted by Gasteiger charge is -2.38. The quantitative estimate of drug-likeness (QED) is 0.121. The van der Waals surface area contributed by atoms with Gasteiger partial charge in [0.15, 0.2) is 33.2 Å². The SMILES string of the molecule is S=C(NCc1ccccc1)N1CCc2c([nH]c3ccccc23)C1c1ccc2c(c1)OCO2.S=C(NCc1ccccc1)N1CCc2c([nH]c3ccccc23)[C@H]1c1ccc2c(c1)OCO2. The molecule has 8 aromatic rings. The van der Waals surface area contributed by atoms with Crippen LogP contribution in [0, 0.1) is 0 Å². The number of rotatable bonds is 6. The van der Waals surface area contributed by atoms with Crippen LogP contribution in [0.3, 0.4) is 0 Å². The zero-order chi connectivity index (χ0) is 43.0. The van der Waals surface area contributed by atoms with E-state index in [4.69, 9.17) is 43.4 Å². The van der Waals surface area contributed by atoms with Gasteiger partial charge in [0.2, 0.25) is 13.6 Å². The molecule has 1 unspecified atom stereocenters. The number of benzene rings is 6. The number of nitrogens with zero attached hydrogens (tertiary/aromatic N) is 2. The fourth-order valence-electron chi connectivity index (χ4n) is 9.53. The van der Waals surface area contributed by atoms with Gasteiger partial charge in [0.1, 0.15) is 0 Å². The van der Waals surface area contributed by atoms with E-state index < -0.39 is 0 Å². The van der Waals surface area contributed by atoms with Crippen molar-refractivity contribution in [3.8, 4) is 23.0 Å². The van der Waals surface area contributed by atoms with E-state index in [0.717, 1.165) is 81.3 Å². The van der Waals surface area contributed by atoms with Gasteiger partial charge in [-0.25, -0.2) is 0 Å². The van der Waals surface area contributed by atoms with Crippen LogP contribution in [0.4, 0.5) is 0 Å². The molecule has 2 aromatic heterocycles. The zero-order valence-electron chi connectivity index (χ0n) is 35.0. The van der Waals surface area contributed by atoms with Crippen LogP contribution in [0.5, 0.6) is 23.0 Å². The average molecular weight is 883 g/mol. The van der Waals surface area contributed by atoms with Gasteiger partial charge in [0.25, 0.3) is 0 Å². The zero-order valence-corrected chi connectivity index (χ0v) is 36.6. The second kappa shape index (κ2) is 17.3. The molecule has 0 spiro atoms. The largest absolute Gasteiger partial charge is 0.454 e. The molecule has 6 aromatic carbocycles. The van der Waals surface area contributed by atoms with Crippen molar-refractivity contribution in [3.05, 3.63) is 190 Å². The molecule has 64 heavy (non-hydrogen) atoms. The first-order chi connectivity index (χ1) is 31.6. The van der Waals surface area contributed by atoms with Gasteiger partial charge >= 0.3 is 0 Å². The molecule has 4 aliphatic heterocycles. The molecule has 0 saturated carbocycles. The summed E-state index contributed by atoms with van der Waals surface area (Å²) in [5.41, 5.74) is 12.1. The predicted molar refractivity (Wildman–Crippen MR) is 258 cm³/mol. The van der Waals surface area contributed by atoms with E-state index >= 15 is 0 Å². The summed E-state index contributed by atoms with van der Waals surface area (Å²) in [5, 5.41) is 11.0. The van der Waals surface area contributed by atoms with Gasteiger partial charge in [0.05, 0.1) is 12.1 Å². The molecule has 10 nitrogen and oxygen atoms in total. The van der Waals surface area contributed by atoms with Crippen molar-refractivity contribution in [2.75, 3.05) is 26.7 Å². The molecule has 0 amide bonds. The first-order valence-corrected chi connectivity index (χ1v) is 22.5. The molecule has 0 aliphatic carbocycles. The smallest absolute Gasteiger partial charge is 0.231 e. The maximum absolute atomic E-state index is 5.90. The molecule has 0 radical (unpaired) electrons. The molecular formula is C52H46N6O4S2. The van der Waals surface area contributed by atoms with Crippen LogP contribution in [0.1, 0.15) is 56.9 Å². The van der Waals surface area contributed by atoms with Crippen LogP contribution in [0.2, 0.25) is 0 Å². The molecule has 2 atom stereocenters. The summed E-state index contributed by atoms with van der Waals surface area (Å²) in [7, 11) is 0. The molecular weight excluding hydrogens is 837 g/mol. The summed E-state index contributed by atoms with van der Waals surface area (Å²) >= 11 is 11.8. The van der Waals surface area contributed by atoms with Gasteiger partial charge in [-0.1, -0.05) is 109 Å². The third kappa shape index (κ3) is 7.62. The van der Waals surface area contributed by atoms with E-state index in [1.165, 1.54) is 44.4 Å². The summed E-state index contributed by atoms with van der Waals surface area (Å²) < 4.78 is 22.4. The molecule has 0 fully saturated rings. The van der Waals surface area contributed by atoms with Gasteiger partial charge in [0, 0.05) is 59.4 Å². The molecule has 6 heterocycles. The monoisotopic (exact) mass is 882 g/mol. The van der Waals surface area contributed by atoms with Gasteiger partial charge in [-0.3, -0.25) is 0 Å². The topological polar surface area (TPSA) is 99.0 Å². The number of hydrogen-bond acceptors (Lipinski definition) is 6. The van der Waals surface area contributed by atoms with E-state index in [0.29, 0.717) is 13.1 Å². The van der Waals surface area contributed by atoms with E-state index in [1.54, 1.807) is 0 Å². The lowest BCUT2D eigenvalue weighted by Crippen LogP contribution is -2.45. The van der Waals surface area contributed by atoms with Crippen molar-refractivity contribution in [1.82, 2.24) is 30.4 Å². The van der Waals surface area contributed by atoms with E-state index in [-0.39, 0.29) is 25.7 Å². The van der Waals surface area contributed by atoms with Crippen molar-refractivity contribution >= 4 is 56.5 Å². The Bertz CT molecular complexity index is 2810. The van der Waals surface area contributed by atoms with Gasteiger partial charge in [-0.15, -0.1) is 0 Å². The Labute approximate surface area is 382 Å². The highest BCUT2D eigenvalue weighted by Crippen LogP contribution is 2.44. The number of fused-ring (bicyclic) bond motifs is 8. The van der Waals surface area contributed by atoms with E-state index in [2.05, 4.69) is 127 Å². The van der Waals surface area contributed by atoms with E-state index in [9.17, 15) is 0 Å². The Balaban J connectivity index is 0.000000143. The minimum absolute atomic E-state index is 0.0311. The maximum atomic E-state index is 5.90. The third-order valence-electron chi connectivity index (χ3n) is 12.6. The molecule has 0 saturated heterocycles. The number of aromatic amines is 2. The highest BCUT2D eigenvalue weighted by molar-refractivity contribution is 7.80. The number of para-hydroxylation sites is 2. The Morgan fingerprint density at radius 3 is 1.36 bits per heavy atom. The number of nitrogens with one attached hydrogen (secondary N) is 4. The summed E-state index contributed by atoms with van der Waals surface area (Å²) in [6.07, 6.45) is 1.88. The van der Waals surface area contributed by atoms with Crippen LogP contribution in [0.25, 0.3) is 21.8 Å². The number of ether oxygens (including phenoxy) is 4. The number of thiocarbonyl (C=S) groups is 2. The van der Waals surface area contributed by atoms with Crippen LogP contribution in [0.15, 0.2) is 146 Å². The molecule has 12 rings (SSSR count). The highest BCUT2D eigenvalue weighted by Gasteiger charge is 2.36. The number of H-pyrrole nitrogens is 2. The van der Waals surface area contributed by atoms with Gasteiger partial charge < -0.3 is 49.3 Å². The fraction of sp³-hybridized carbons (Fsp3) is 0.192. The Hall–Kier alpha value is -7.02. The van der Waals surface area contributed by atoms with Crippen LogP contribution >= 0.6 is 24.4 Å². The normalized spacial score (nSPS) is 16.8. The molecule has 320 valence electrons. The van der Waals surface area contributed by atoms with Crippen molar-refractivity contribution in [3.63, 3.8) is 0 Å². The average Bonchev–Trinajstić information content (AvgIpc) is 4.17. The second-order valence-electron chi connectivity index (χ2n) is 16.3.